The van der Waals surface area contributed by atoms with E-state index in [1.807, 2.05) is 0 Å². The molecule has 0 fully saturated rings. The molecule has 0 atom stereocenters. The van der Waals surface area contributed by atoms with Crippen molar-refractivity contribution in [3.05, 3.63) is 161 Å². The first kappa shape index (κ1) is 37.6. The molecular weight excluding hydrogens is 805 g/mol. The number of hydrogen-bond donors (Lipinski definition) is 1. The van der Waals surface area contributed by atoms with Crippen LogP contribution in [0.1, 0.15) is 27.8 Å². The molecule has 0 bridgehead atoms. The van der Waals surface area contributed by atoms with Gasteiger partial charge < -0.3 is 24.3 Å². The van der Waals surface area contributed by atoms with Crippen molar-refractivity contribution in [3.63, 3.8) is 0 Å². The Bertz CT molecular complexity index is 3360. The van der Waals surface area contributed by atoms with Crippen LogP contribution in [0.2, 0.25) is 0 Å². The van der Waals surface area contributed by atoms with E-state index >= 15 is 0 Å². The van der Waals surface area contributed by atoms with Gasteiger partial charge in [-0.25, -0.2) is 0 Å². The molecule has 8 aromatic carbocycles. The largest absolute Gasteiger partial charge is 0.458 e. The van der Waals surface area contributed by atoms with E-state index < -0.39 is 0 Å². The predicted molar refractivity (Wildman–Crippen MR) is 268 cm³/mol. The Morgan fingerprint density at radius 2 is 0.938 bits per heavy atom. The maximum atomic E-state index is 7.17. The van der Waals surface area contributed by atoms with Crippen LogP contribution >= 0.6 is 11.9 Å². The van der Waals surface area contributed by atoms with Gasteiger partial charge >= 0.3 is 0 Å². The molecule has 5 aliphatic rings. The number of nitrogens with one attached hydrogen (secondary N) is 1. The van der Waals surface area contributed by atoms with E-state index in [-0.39, 0.29) is 20.1 Å². The van der Waals surface area contributed by atoms with Crippen LogP contribution in [-0.4, -0.2) is 26.4 Å². The fraction of sp³-hybridized carbons (Fsp3) is 0.111. The second kappa shape index (κ2) is 13.8. The molecule has 0 radical (unpaired) electrons. The quantitative estimate of drug-likeness (QED) is 0.144. The van der Waals surface area contributed by atoms with Gasteiger partial charge in [-0.05, 0) is 151 Å². The summed E-state index contributed by atoms with van der Waals surface area (Å²) in [5, 5.41) is 3.72. The molecule has 0 saturated carbocycles. The highest BCUT2D eigenvalue weighted by molar-refractivity contribution is 8.00. The second-order valence-electron chi connectivity index (χ2n) is 18.0. The highest BCUT2D eigenvalue weighted by Crippen LogP contribution is 2.44. The minimum atomic E-state index is -0.145. The van der Waals surface area contributed by atoms with E-state index in [0.717, 1.165) is 102 Å². The van der Waals surface area contributed by atoms with Crippen LogP contribution in [0.4, 0.5) is 22.7 Å². The number of benzene rings is 8. The molecule has 6 nitrogen and oxygen atoms in total. The lowest BCUT2D eigenvalue weighted by Gasteiger charge is -2.41. The van der Waals surface area contributed by atoms with Crippen LogP contribution in [0.25, 0.3) is 0 Å². The summed E-state index contributed by atoms with van der Waals surface area (Å²) < 4.78 is 29.8. The lowest BCUT2D eigenvalue weighted by atomic mass is 9.30. The van der Waals surface area contributed by atoms with Gasteiger partial charge in [0.2, 0.25) is 0 Å². The standard InChI is InChI=1S/C54H41B3N2O4S/c1-29-15-17-34(18-16-29)58-35-24-43-53-51(25-35)62-46-23-32(4)38(55-36-11-7-9-13-44(36)60-48-20-30(2)19-33(5)52(48)55)26-40(46)57(53)39-27-41-47(28-42(39)59(43)64-6)63-50-22-31(3)21-49-54(50)56(41)37-12-8-10-14-45(37)61-49/h7-28,58H,1-6H3. The van der Waals surface area contributed by atoms with Gasteiger partial charge in [0.05, 0.1) is 11.4 Å². The number of ether oxygens (including phenoxy) is 4. The zero-order valence-electron chi connectivity index (χ0n) is 36.4. The Kier molecular flexibility index (Phi) is 8.12. The van der Waals surface area contributed by atoms with E-state index in [1.165, 1.54) is 44.1 Å². The first-order chi connectivity index (χ1) is 31.2. The normalized spacial score (nSPS) is 13.9. The van der Waals surface area contributed by atoms with E-state index in [4.69, 9.17) is 18.9 Å². The van der Waals surface area contributed by atoms with Crippen LogP contribution in [0.5, 0.6) is 46.0 Å². The number of fused-ring (bicyclic) bond motifs is 10. The van der Waals surface area contributed by atoms with Gasteiger partial charge in [0, 0.05) is 35.2 Å². The molecule has 0 aliphatic carbocycles. The third-order valence-corrected chi connectivity index (χ3v) is 14.6. The molecular formula is C54H41B3N2O4S. The van der Waals surface area contributed by atoms with Crippen molar-refractivity contribution in [2.24, 2.45) is 0 Å². The summed E-state index contributed by atoms with van der Waals surface area (Å²) in [7, 11) is 0. The molecule has 5 heterocycles. The zero-order chi connectivity index (χ0) is 43.1. The Balaban J connectivity index is 1.06. The molecule has 0 unspecified atom stereocenters. The van der Waals surface area contributed by atoms with E-state index in [1.54, 1.807) is 11.9 Å². The van der Waals surface area contributed by atoms with Crippen molar-refractivity contribution in [1.82, 2.24) is 0 Å². The minimum Gasteiger partial charge on any atom is -0.458 e. The second-order valence-corrected chi connectivity index (χ2v) is 18.8. The van der Waals surface area contributed by atoms with Crippen LogP contribution in [0, 0.1) is 34.6 Å². The van der Waals surface area contributed by atoms with Crippen LogP contribution in [-0.2, 0) is 0 Å². The first-order valence-corrected chi connectivity index (χ1v) is 23.2. The smallest absolute Gasteiger partial charge is 0.260 e. The fourth-order valence-electron chi connectivity index (χ4n) is 11.1. The molecule has 1 N–H and O–H groups in total. The maximum Gasteiger partial charge on any atom is 0.260 e. The molecule has 64 heavy (non-hydrogen) atoms. The average molecular weight is 846 g/mol. The molecule has 10 heteroatoms. The number of para-hydroxylation sites is 2. The molecule has 0 spiro atoms. The summed E-state index contributed by atoms with van der Waals surface area (Å²) in [4.78, 5) is 0. The Labute approximate surface area is 378 Å². The van der Waals surface area contributed by atoms with Crippen LogP contribution in [0.15, 0.2) is 133 Å². The van der Waals surface area contributed by atoms with Gasteiger partial charge in [0.25, 0.3) is 20.1 Å². The van der Waals surface area contributed by atoms with E-state index in [2.05, 4.69) is 184 Å². The van der Waals surface area contributed by atoms with Gasteiger partial charge in [0.15, 0.2) is 0 Å². The summed E-state index contributed by atoms with van der Waals surface area (Å²) in [6.07, 6.45) is 2.15. The summed E-state index contributed by atoms with van der Waals surface area (Å²) in [6, 6.07) is 48.2. The summed E-state index contributed by atoms with van der Waals surface area (Å²) >= 11 is 1.70. The Morgan fingerprint density at radius 3 is 1.61 bits per heavy atom. The summed E-state index contributed by atoms with van der Waals surface area (Å²) in [6.45, 7) is 10.6. The predicted octanol–water partition coefficient (Wildman–Crippen LogP) is 7.67. The number of anilines is 4. The van der Waals surface area contributed by atoms with Gasteiger partial charge in [-0.3, -0.25) is 4.31 Å². The third kappa shape index (κ3) is 5.51. The maximum absolute atomic E-state index is 7.17. The number of hydrogen-bond acceptors (Lipinski definition) is 7. The third-order valence-electron chi connectivity index (χ3n) is 13.8. The van der Waals surface area contributed by atoms with Crippen molar-refractivity contribution in [1.29, 1.82) is 0 Å². The molecule has 0 amide bonds. The summed E-state index contributed by atoms with van der Waals surface area (Å²) in [5.74, 6) is 6.99. The number of aryl methyl sites for hydroxylation is 5. The van der Waals surface area contributed by atoms with E-state index in [0.29, 0.717) is 0 Å². The molecule has 13 rings (SSSR count). The van der Waals surface area contributed by atoms with Gasteiger partial charge in [-0.2, -0.15) is 0 Å². The van der Waals surface area contributed by atoms with Crippen LogP contribution < -0.4 is 77.7 Å². The van der Waals surface area contributed by atoms with Gasteiger partial charge in [-0.15, -0.1) is 0 Å². The minimum absolute atomic E-state index is 0.0346. The molecule has 0 saturated heterocycles. The molecule has 306 valence electrons. The Hall–Kier alpha value is -6.90. The zero-order valence-corrected chi connectivity index (χ0v) is 37.2. The first-order valence-electron chi connectivity index (χ1n) is 22.0. The van der Waals surface area contributed by atoms with Gasteiger partial charge in [-0.1, -0.05) is 88.9 Å². The van der Waals surface area contributed by atoms with Gasteiger partial charge in [0.1, 0.15) is 46.0 Å². The van der Waals surface area contributed by atoms with Crippen molar-refractivity contribution in [3.8, 4) is 46.0 Å². The monoisotopic (exact) mass is 846 g/mol. The van der Waals surface area contributed by atoms with Crippen LogP contribution in [0.3, 0.4) is 0 Å². The van der Waals surface area contributed by atoms with Crippen molar-refractivity contribution < 1.29 is 18.9 Å². The number of rotatable bonds is 4. The molecule has 0 aromatic heterocycles. The fourth-order valence-corrected chi connectivity index (χ4v) is 11.8. The van der Waals surface area contributed by atoms with Crippen molar-refractivity contribution in [2.45, 2.75) is 34.6 Å². The van der Waals surface area contributed by atoms with Crippen molar-refractivity contribution in [2.75, 3.05) is 15.9 Å². The SMILES string of the molecule is CSN1c2cc3c(cc2B2c4cc(B5c6ccccc6Oc6cc(C)cc(C)c65)c(C)cc4Oc4cc(Nc5ccc(C)cc5)cc1c42)B1c2ccccc2Oc2cc(C)cc(c21)O3. The lowest BCUT2D eigenvalue weighted by molar-refractivity contribution is 0.464. The summed E-state index contributed by atoms with van der Waals surface area (Å²) in [5.41, 5.74) is 20.6. The topological polar surface area (TPSA) is 52.2 Å². The highest BCUT2D eigenvalue weighted by Gasteiger charge is 2.47. The van der Waals surface area contributed by atoms with Crippen molar-refractivity contribution >= 4 is 104 Å². The molecule has 8 aromatic rings. The lowest BCUT2D eigenvalue weighted by Crippen LogP contribution is -2.64. The average Bonchev–Trinajstić information content (AvgIpc) is 3.28. The Morgan fingerprint density at radius 1 is 0.391 bits per heavy atom. The van der Waals surface area contributed by atoms with E-state index in [9.17, 15) is 0 Å². The highest BCUT2D eigenvalue weighted by atomic mass is 32.2. The molecule has 5 aliphatic heterocycles. The number of nitrogens with zero attached hydrogens (tertiary/aromatic N) is 1.